The lowest BCUT2D eigenvalue weighted by atomic mass is 10.1. The third kappa shape index (κ3) is 1.69. The van der Waals surface area contributed by atoms with Gasteiger partial charge in [0, 0.05) is 5.56 Å². The van der Waals surface area contributed by atoms with E-state index < -0.39 is 0 Å². The van der Waals surface area contributed by atoms with E-state index in [0.717, 1.165) is 39.3 Å². The quantitative estimate of drug-likeness (QED) is 0.549. The van der Waals surface area contributed by atoms with E-state index in [1.165, 1.54) is 5.56 Å². The molecule has 2 aromatic carbocycles. The molecule has 2 heterocycles. The number of aryl methyl sites for hydroxylation is 2. The molecule has 98 valence electrons. The lowest BCUT2D eigenvalue weighted by Gasteiger charge is -1.97. The Kier molecular flexibility index (Phi) is 2.21. The van der Waals surface area contributed by atoms with Crippen LogP contribution in [0.25, 0.3) is 33.5 Å². The van der Waals surface area contributed by atoms with E-state index in [1.807, 2.05) is 19.1 Å². The summed E-state index contributed by atoms with van der Waals surface area (Å²) < 4.78 is 0. The fourth-order valence-corrected chi connectivity index (χ4v) is 2.57. The van der Waals surface area contributed by atoms with Crippen LogP contribution >= 0.6 is 0 Å². The second-order valence-electron chi connectivity index (χ2n) is 5.16. The van der Waals surface area contributed by atoms with Crippen molar-refractivity contribution >= 4 is 22.1 Å². The number of benzene rings is 2. The van der Waals surface area contributed by atoms with E-state index in [-0.39, 0.29) is 0 Å². The van der Waals surface area contributed by atoms with E-state index in [9.17, 15) is 0 Å². The van der Waals surface area contributed by atoms with Crippen LogP contribution in [0.3, 0.4) is 0 Å². The van der Waals surface area contributed by atoms with Gasteiger partial charge >= 0.3 is 0 Å². The molecule has 2 aromatic heterocycles. The summed E-state index contributed by atoms with van der Waals surface area (Å²) in [6, 6.07) is 12.4. The molecule has 0 aliphatic carbocycles. The largest absolute Gasteiger partial charge is 0.342 e. The molecule has 0 radical (unpaired) electrons. The van der Waals surface area contributed by atoms with E-state index >= 15 is 0 Å². The summed E-state index contributed by atoms with van der Waals surface area (Å²) in [5.41, 5.74) is 6.30. The van der Waals surface area contributed by atoms with Gasteiger partial charge in [0.25, 0.3) is 0 Å². The molecular formula is C16H14N4. The average molecular weight is 262 g/mol. The molecule has 0 unspecified atom stereocenters. The lowest BCUT2D eigenvalue weighted by Crippen LogP contribution is -1.80. The van der Waals surface area contributed by atoms with Crippen molar-refractivity contribution in [2.24, 2.45) is 0 Å². The Bertz CT molecular complexity index is 879. The molecule has 2 N–H and O–H groups in total. The summed E-state index contributed by atoms with van der Waals surface area (Å²) in [6.07, 6.45) is 0. The number of nitrogens with one attached hydrogen (secondary N) is 2. The molecule has 0 aliphatic rings. The van der Waals surface area contributed by atoms with Crippen LogP contribution in [0.1, 0.15) is 11.4 Å². The Hall–Kier alpha value is -2.62. The van der Waals surface area contributed by atoms with Crippen molar-refractivity contribution in [3.05, 3.63) is 47.8 Å². The van der Waals surface area contributed by atoms with Gasteiger partial charge < -0.3 is 9.97 Å². The molecule has 0 amide bonds. The van der Waals surface area contributed by atoms with Crippen molar-refractivity contribution in [1.29, 1.82) is 0 Å². The summed E-state index contributed by atoms with van der Waals surface area (Å²) in [6.45, 7) is 4.04. The molecule has 4 aromatic rings. The van der Waals surface area contributed by atoms with Crippen molar-refractivity contribution < 1.29 is 0 Å². The van der Waals surface area contributed by atoms with Crippen LogP contribution in [0, 0.1) is 13.8 Å². The van der Waals surface area contributed by atoms with Crippen molar-refractivity contribution in [3.63, 3.8) is 0 Å². The summed E-state index contributed by atoms with van der Waals surface area (Å²) in [5, 5.41) is 0. The zero-order valence-corrected chi connectivity index (χ0v) is 11.4. The first-order valence-corrected chi connectivity index (χ1v) is 6.62. The average Bonchev–Trinajstić information content (AvgIpc) is 2.97. The second kappa shape index (κ2) is 3.93. The van der Waals surface area contributed by atoms with E-state index in [1.54, 1.807) is 0 Å². The fraction of sp³-hybridized carbons (Fsp3) is 0.125. The highest BCUT2D eigenvalue weighted by Gasteiger charge is 2.08. The van der Waals surface area contributed by atoms with E-state index in [4.69, 9.17) is 0 Å². The van der Waals surface area contributed by atoms with Crippen LogP contribution in [0.5, 0.6) is 0 Å². The standard InChI is InChI=1S/C16H14N4/c1-9-4-3-5-11(6-9)16-19-14-7-12-13(8-15(14)20-16)18-10(2)17-12/h3-8H,1-2H3,(H,17,18)(H,19,20). The highest BCUT2D eigenvalue weighted by molar-refractivity contribution is 5.92. The first-order chi connectivity index (χ1) is 9.69. The van der Waals surface area contributed by atoms with E-state index in [2.05, 4.69) is 51.1 Å². The molecular weight excluding hydrogens is 248 g/mol. The van der Waals surface area contributed by atoms with Gasteiger partial charge in [0.1, 0.15) is 11.6 Å². The summed E-state index contributed by atoms with van der Waals surface area (Å²) >= 11 is 0. The molecule has 20 heavy (non-hydrogen) atoms. The van der Waals surface area contributed by atoms with Gasteiger partial charge in [-0.05, 0) is 32.0 Å². The van der Waals surface area contributed by atoms with Crippen LogP contribution in [-0.4, -0.2) is 19.9 Å². The normalized spacial score (nSPS) is 11.5. The molecule has 0 bridgehead atoms. The van der Waals surface area contributed by atoms with Crippen molar-refractivity contribution in [2.75, 3.05) is 0 Å². The Labute approximate surface area is 115 Å². The van der Waals surface area contributed by atoms with Gasteiger partial charge in [-0.1, -0.05) is 23.8 Å². The zero-order valence-electron chi connectivity index (χ0n) is 11.4. The summed E-state index contributed by atoms with van der Waals surface area (Å²) in [5.74, 6) is 1.82. The third-order valence-corrected chi connectivity index (χ3v) is 3.49. The minimum atomic E-state index is 0.896. The predicted octanol–water partition coefficient (Wildman–Crippen LogP) is 3.72. The molecule has 0 saturated carbocycles. The maximum Gasteiger partial charge on any atom is 0.138 e. The molecule has 0 spiro atoms. The smallest absolute Gasteiger partial charge is 0.138 e. The second-order valence-corrected chi connectivity index (χ2v) is 5.16. The SMILES string of the molecule is Cc1cccc(-c2nc3cc4nc(C)[nH]c4cc3[nH]2)c1. The Balaban J connectivity index is 1.94. The topological polar surface area (TPSA) is 57.4 Å². The zero-order chi connectivity index (χ0) is 13.7. The van der Waals surface area contributed by atoms with Gasteiger partial charge in [-0.25, -0.2) is 9.97 Å². The van der Waals surface area contributed by atoms with Crippen molar-refractivity contribution in [3.8, 4) is 11.4 Å². The fourth-order valence-electron chi connectivity index (χ4n) is 2.57. The van der Waals surface area contributed by atoms with Gasteiger partial charge in [0.05, 0.1) is 22.1 Å². The molecule has 4 rings (SSSR count). The summed E-state index contributed by atoms with van der Waals surface area (Å²) in [4.78, 5) is 15.8. The number of nitrogens with zero attached hydrogens (tertiary/aromatic N) is 2. The molecule has 4 heteroatoms. The number of fused-ring (bicyclic) bond motifs is 2. The number of aromatic nitrogens is 4. The number of aromatic amines is 2. The predicted molar refractivity (Wildman–Crippen MR) is 80.7 cm³/mol. The number of hydrogen-bond acceptors (Lipinski definition) is 2. The molecule has 0 saturated heterocycles. The van der Waals surface area contributed by atoms with Crippen LogP contribution in [-0.2, 0) is 0 Å². The number of rotatable bonds is 1. The highest BCUT2D eigenvalue weighted by atomic mass is 14.9. The number of hydrogen-bond donors (Lipinski definition) is 2. The van der Waals surface area contributed by atoms with Gasteiger partial charge in [-0.2, -0.15) is 0 Å². The Morgan fingerprint density at radius 2 is 1.65 bits per heavy atom. The van der Waals surface area contributed by atoms with Crippen LogP contribution in [0.4, 0.5) is 0 Å². The maximum absolute atomic E-state index is 4.67. The van der Waals surface area contributed by atoms with Crippen molar-refractivity contribution in [1.82, 2.24) is 19.9 Å². The van der Waals surface area contributed by atoms with Crippen LogP contribution in [0.15, 0.2) is 36.4 Å². The lowest BCUT2D eigenvalue weighted by molar-refractivity contribution is 1.17. The van der Waals surface area contributed by atoms with Gasteiger partial charge in [-0.15, -0.1) is 0 Å². The van der Waals surface area contributed by atoms with Gasteiger partial charge in [0.15, 0.2) is 0 Å². The maximum atomic E-state index is 4.67. The molecule has 0 fully saturated rings. The first kappa shape index (κ1) is 11.2. The molecule has 4 nitrogen and oxygen atoms in total. The van der Waals surface area contributed by atoms with E-state index in [0.29, 0.717) is 0 Å². The van der Waals surface area contributed by atoms with Gasteiger partial charge in [-0.3, -0.25) is 0 Å². The van der Waals surface area contributed by atoms with Crippen LogP contribution in [0.2, 0.25) is 0 Å². The minimum Gasteiger partial charge on any atom is -0.342 e. The Morgan fingerprint density at radius 3 is 2.50 bits per heavy atom. The minimum absolute atomic E-state index is 0.896. The monoisotopic (exact) mass is 262 g/mol. The van der Waals surface area contributed by atoms with Crippen molar-refractivity contribution in [2.45, 2.75) is 13.8 Å². The molecule has 0 aliphatic heterocycles. The first-order valence-electron chi connectivity index (χ1n) is 6.62. The third-order valence-electron chi connectivity index (χ3n) is 3.49. The number of H-pyrrole nitrogens is 2. The van der Waals surface area contributed by atoms with Gasteiger partial charge in [0.2, 0.25) is 0 Å². The highest BCUT2D eigenvalue weighted by Crippen LogP contribution is 2.24. The number of imidazole rings is 2. The Morgan fingerprint density at radius 1 is 0.850 bits per heavy atom. The van der Waals surface area contributed by atoms with Crippen LogP contribution < -0.4 is 0 Å². The summed E-state index contributed by atoms with van der Waals surface area (Å²) in [7, 11) is 0. The molecule has 0 atom stereocenters.